The van der Waals surface area contributed by atoms with Crippen LogP contribution in [0.25, 0.3) is 0 Å². The van der Waals surface area contributed by atoms with E-state index >= 15 is 0 Å². The molecule has 0 aliphatic carbocycles. The first-order valence-electron chi connectivity index (χ1n) is 7.06. The lowest BCUT2D eigenvalue weighted by atomic mass is 9.87. The van der Waals surface area contributed by atoms with Crippen molar-refractivity contribution in [2.45, 2.75) is 25.9 Å². The lowest BCUT2D eigenvalue weighted by Crippen LogP contribution is -2.22. The van der Waals surface area contributed by atoms with Crippen LogP contribution in [0.3, 0.4) is 0 Å². The molecule has 0 radical (unpaired) electrons. The molecule has 0 heterocycles. The highest BCUT2D eigenvalue weighted by Gasteiger charge is 2.26. The molecule has 21 heavy (non-hydrogen) atoms. The maximum Gasteiger partial charge on any atom is 0.122 e. The zero-order valence-corrected chi connectivity index (χ0v) is 13.0. The minimum absolute atomic E-state index is 0.662. The van der Waals surface area contributed by atoms with E-state index in [1.807, 2.05) is 36.4 Å². The van der Waals surface area contributed by atoms with Gasteiger partial charge in [-0.05, 0) is 42.2 Å². The molecule has 0 aliphatic rings. The van der Waals surface area contributed by atoms with Crippen LogP contribution in [0, 0.1) is 0 Å². The molecule has 2 aromatic carbocycles. The molecule has 2 rings (SSSR count). The second-order valence-electron chi connectivity index (χ2n) is 5.22. The van der Waals surface area contributed by atoms with Crippen molar-refractivity contribution >= 4 is 0 Å². The van der Waals surface area contributed by atoms with Crippen LogP contribution in [0.2, 0.25) is 0 Å². The van der Waals surface area contributed by atoms with Crippen molar-refractivity contribution < 1.29 is 14.6 Å². The first-order valence-corrected chi connectivity index (χ1v) is 7.06. The minimum Gasteiger partial charge on any atom is -0.497 e. The summed E-state index contributed by atoms with van der Waals surface area (Å²) in [5.74, 6) is 1.32. The van der Waals surface area contributed by atoms with Gasteiger partial charge in [0.25, 0.3) is 0 Å². The smallest absolute Gasteiger partial charge is 0.122 e. The fraction of sp³-hybridized carbons (Fsp3) is 0.333. The second-order valence-corrected chi connectivity index (χ2v) is 5.22. The van der Waals surface area contributed by atoms with Crippen molar-refractivity contribution in [1.82, 2.24) is 0 Å². The largest absolute Gasteiger partial charge is 0.497 e. The number of hydrogen-bond donors (Lipinski definition) is 1. The Hall–Kier alpha value is -2.00. The summed E-state index contributed by atoms with van der Waals surface area (Å²) in [6, 6.07) is 13.5. The van der Waals surface area contributed by atoms with E-state index in [0.29, 0.717) is 11.5 Å². The highest BCUT2D eigenvalue weighted by Crippen LogP contribution is 2.34. The highest BCUT2D eigenvalue weighted by atomic mass is 16.5. The molecule has 0 bridgehead atoms. The van der Waals surface area contributed by atoms with E-state index in [1.54, 1.807) is 27.2 Å². The monoisotopic (exact) mass is 286 g/mol. The highest BCUT2D eigenvalue weighted by molar-refractivity contribution is 5.45. The normalized spacial score (nSPS) is 13.6. The van der Waals surface area contributed by atoms with Crippen LogP contribution in [-0.2, 0) is 12.0 Å². The molecular weight excluding hydrogens is 264 g/mol. The van der Waals surface area contributed by atoms with Crippen molar-refractivity contribution in [3.63, 3.8) is 0 Å². The van der Waals surface area contributed by atoms with Gasteiger partial charge in [-0.2, -0.15) is 0 Å². The van der Waals surface area contributed by atoms with E-state index in [0.717, 1.165) is 17.5 Å². The van der Waals surface area contributed by atoms with Gasteiger partial charge in [0, 0.05) is 6.07 Å². The van der Waals surface area contributed by atoms with Crippen LogP contribution in [0.1, 0.15) is 30.5 Å². The van der Waals surface area contributed by atoms with Crippen molar-refractivity contribution in [3.8, 4) is 11.5 Å². The van der Waals surface area contributed by atoms with Gasteiger partial charge >= 0.3 is 0 Å². The SMILES string of the molecule is CCc1ccc(C(C)(O)c2cc(OC)cc(OC)c2)cc1. The molecule has 0 saturated carbocycles. The molecule has 1 atom stereocenters. The standard InChI is InChI=1S/C18H22O3/c1-5-13-6-8-14(9-7-13)18(2,19)15-10-16(20-3)12-17(11-15)21-4/h6-12,19H,5H2,1-4H3. The molecule has 1 unspecified atom stereocenters. The first-order chi connectivity index (χ1) is 10.0. The molecule has 1 N–H and O–H groups in total. The summed E-state index contributed by atoms with van der Waals surface area (Å²) in [4.78, 5) is 0. The van der Waals surface area contributed by atoms with Crippen LogP contribution in [0.4, 0.5) is 0 Å². The van der Waals surface area contributed by atoms with Crippen molar-refractivity contribution in [2.75, 3.05) is 14.2 Å². The zero-order valence-electron chi connectivity index (χ0n) is 13.0. The van der Waals surface area contributed by atoms with Crippen LogP contribution in [0.5, 0.6) is 11.5 Å². The van der Waals surface area contributed by atoms with E-state index in [-0.39, 0.29) is 0 Å². The molecular formula is C18H22O3. The van der Waals surface area contributed by atoms with Gasteiger partial charge in [-0.3, -0.25) is 0 Å². The average molecular weight is 286 g/mol. The third kappa shape index (κ3) is 3.19. The summed E-state index contributed by atoms with van der Waals surface area (Å²) in [6.07, 6.45) is 0.982. The molecule has 0 aromatic heterocycles. The number of benzene rings is 2. The molecule has 3 nitrogen and oxygen atoms in total. The number of rotatable bonds is 5. The van der Waals surface area contributed by atoms with E-state index in [2.05, 4.69) is 6.92 Å². The predicted molar refractivity (Wildman–Crippen MR) is 84.0 cm³/mol. The maximum atomic E-state index is 10.9. The Morgan fingerprint density at radius 3 is 1.86 bits per heavy atom. The Balaban J connectivity index is 2.46. The van der Waals surface area contributed by atoms with Gasteiger partial charge in [-0.1, -0.05) is 31.2 Å². The summed E-state index contributed by atoms with van der Waals surface area (Å²) >= 11 is 0. The lowest BCUT2D eigenvalue weighted by molar-refractivity contribution is 0.102. The Morgan fingerprint density at radius 1 is 0.905 bits per heavy atom. The Labute approximate surface area is 126 Å². The van der Waals surface area contributed by atoms with Gasteiger partial charge in [-0.25, -0.2) is 0 Å². The Morgan fingerprint density at radius 2 is 1.43 bits per heavy atom. The third-order valence-electron chi connectivity index (χ3n) is 3.84. The Bertz CT molecular complexity index is 578. The quantitative estimate of drug-likeness (QED) is 0.914. The zero-order chi connectivity index (χ0) is 15.5. The third-order valence-corrected chi connectivity index (χ3v) is 3.84. The molecule has 0 saturated heterocycles. The fourth-order valence-corrected chi connectivity index (χ4v) is 2.32. The summed E-state index contributed by atoms with van der Waals surface area (Å²) in [5.41, 5.74) is 1.73. The van der Waals surface area contributed by atoms with Crippen molar-refractivity contribution in [2.24, 2.45) is 0 Å². The minimum atomic E-state index is -1.10. The van der Waals surface area contributed by atoms with E-state index in [9.17, 15) is 5.11 Å². The molecule has 0 fully saturated rings. The molecule has 0 spiro atoms. The van der Waals surface area contributed by atoms with Gasteiger partial charge in [0.05, 0.1) is 14.2 Å². The van der Waals surface area contributed by atoms with Gasteiger partial charge in [0.15, 0.2) is 0 Å². The Kier molecular flexibility index (Phi) is 4.53. The molecule has 3 heteroatoms. The number of aliphatic hydroxyl groups is 1. The number of methoxy groups -OCH3 is 2. The average Bonchev–Trinajstić information content (AvgIpc) is 2.54. The summed E-state index contributed by atoms with van der Waals surface area (Å²) in [6.45, 7) is 3.89. The van der Waals surface area contributed by atoms with Crippen LogP contribution in [0.15, 0.2) is 42.5 Å². The topological polar surface area (TPSA) is 38.7 Å². The van der Waals surface area contributed by atoms with Crippen molar-refractivity contribution in [1.29, 1.82) is 0 Å². The first kappa shape index (κ1) is 15.4. The number of hydrogen-bond acceptors (Lipinski definition) is 3. The molecule has 0 aliphatic heterocycles. The van der Waals surface area contributed by atoms with Crippen LogP contribution in [-0.4, -0.2) is 19.3 Å². The number of ether oxygens (including phenoxy) is 2. The summed E-state index contributed by atoms with van der Waals surface area (Å²) in [5, 5.41) is 10.9. The molecule has 112 valence electrons. The van der Waals surface area contributed by atoms with Crippen LogP contribution >= 0.6 is 0 Å². The lowest BCUT2D eigenvalue weighted by Gasteiger charge is -2.25. The van der Waals surface area contributed by atoms with E-state index in [4.69, 9.17) is 9.47 Å². The van der Waals surface area contributed by atoms with Crippen LogP contribution < -0.4 is 9.47 Å². The van der Waals surface area contributed by atoms with Gasteiger partial charge in [-0.15, -0.1) is 0 Å². The second kappa shape index (κ2) is 6.19. The van der Waals surface area contributed by atoms with Gasteiger partial charge in [0.2, 0.25) is 0 Å². The van der Waals surface area contributed by atoms with Gasteiger partial charge < -0.3 is 14.6 Å². The summed E-state index contributed by atoms with van der Waals surface area (Å²) in [7, 11) is 3.20. The van der Waals surface area contributed by atoms with E-state index < -0.39 is 5.60 Å². The van der Waals surface area contributed by atoms with Crippen molar-refractivity contribution in [3.05, 3.63) is 59.2 Å². The van der Waals surface area contributed by atoms with Gasteiger partial charge in [0.1, 0.15) is 17.1 Å². The number of aryl methyl sites for hydroxylation is 1. The molecule has 0 amide bonds. The predicted octanol–water partition coefficient (Wildman–Crippen LogP) is 3.52. The maximum absolute atomic E-state index is 10.9. The van der Waals surface area contributed by atoms with E-state index in [1.165, 1.54) is 5.56 Å². The summed E-state index contributed by atoms with van der Waals surface area (Å²) < 4.78 is 10.5. The fourth-order valence-electron chi connectivity index (χ4n) is 2.32. The molecule has 2 aromatic rings.